The Bertz CT molecular complexity index is 1180. The molecule has 0 aliphatic carbocycles. The fraction of sp³-hybridized carbons (Fsp3) is 0.476. The van der Waals surface area contributed by atoms with Crippen LogP contribution in [-0.4, -0.2) is 57.8 Å². The number of aromatic nitrogens is 2. The van der Waals surface area contributed by atoms with Crippen molar-refractivity contribution in [3.63, 3.8) is 0 Å². The summed E-state index contributed by atoms with van der Waals surface area (Å²) in [5.74, 6) is -0.562. The highest BCUT2D eigenvalue weighted by Gasteiger charge is 2.55. The quantitative estimate of drug-likeness (QED) is 0.311. The monoisotopic (exact) mass is 515 g/mol. The zero-order chi connectivity index (χ0) is 25.8. The van der Waals surface area contributed by atoms with Crippen molar-refractivity contribution >= 4 is 13.7 Å². The van der Waals surface area contributed by atoms with Crippen molar-refractivity contribution in [1.29, 1.82) is 0 Å². The number of rotatable bonds is 10. The average Bonchev–Trinajstić information content (AvgIpc) is 3.00. The minimum atomic E-state index is -4.25. The lowest BCUT2D eigenvalue weighted by Gasteiger charge is -2.24. The fourth-order valence-electron chi connectivity index (χ4n) is 3.32. The number of esters is 1. The summed E-state index contributed by atoms with van der Waals surface area (Å²) in [6, 6.07) is 8.95. The molecular formula is C21H27FN3O9P. The maximum atomic E-state index is 15.4. The Morgan fingerprint density at radius 3 is 2.63 bits per heavy atom. The lowest BCUT2D eigenvalue weighted by atomic mass is 9.98. The molecule has 2 aromatic rings. The number of aliphatic hydroxyl groups is 1. The molecule has 12 nitrogen and oxygen atoms in total. The van der Waals surface area contributed by atoms with Gasteiger partial charge in [0.2, 0.25) is 0 Å². The Morgan fingerprint density at radius 2 is 2.00 bits per heavy atom. The summed E-state index contributed by atoms with van der Waals surface area (Å²) in [5.41, 5.74) is -4.11. The van der Waals surface area contributed by atoms with E-state index in [1.165, 1.54) is 12.1 Å². The van der Waals surface area contributed by atoms with Gasteiger partial charge in [-0.2, -0.15) is 0 Å². The molecular weight excluding hydrogens is 488 g/mol. The zero-order valence-electron chi connectivity index (χ0n) is 19.3. The first-order chi connectivity index (χ1) is 16.4. The fourth-order valence-corrected chi connectivity index (χ4v) is 4.60. The highest BCUT2D eigenvalue weighted by molar-refractivity contribution is 7.52. The van der Waals surface area contributed by atoms with Crippen LogP contribution in [0.15, 0.2) is 52.2 Å². The molecule has 0 spiro atoms. The molecule has 1 aliphatic heterocycles. The lowest BCUT2D eigenvalue weighted by molar-refractivity contribution is -0.146. The van der Waals surface area contributed by atoms with Crippen molar-refractivity contribution in [2.45, 2.75) is 51.0 Å². The van der Waals surface area contributed by atoms with E-state index in [0.29, 0.717) is 0 Å². The standard InChI is InChI=1S/C21H27FN3O9P/c1-13(2)32-17(27)11-23-35(30,34-14-7-5-4-6-8-14)31-12-15-18(28)21(3,22)19(33-15)25-10-9-16(26)24-20(25)29/h4-10,13,15,18-19,28H,11-12H2,1-3H3,(H,23,30)(H,24,26,29)/t15?,18-,19-,21-,35+/m1/s1. The average molecular weight is 515 g/mol. The Hall–Kier alpha value is -2.83. The van der Waals surface area contributed by atoms with Crippen molar-refractivity contribution in [3.05, 3.63) is 63.4 Å². The molecule has 35 heavy (non-hydrogen) atoms. The van der Waals surface area contributed by atoms with Crippen molar-refractivity contribution in [2.24, 2.45) is 0 Å². The first-order valence-electron chi connectivity index (χ1n) is 10.7. The van der Waals surface area contributed by atoms with Gasteiger partial charge in [-0.05, 0) is 32.9 Å². The SMILES string of the molecule is CC(C)OC(=O)CN[P@](=O)(OCC1O[C@@H](n2ccc(=O)[nH]c2=O)[C@](C)(F)[C@@H]1O)Oc1ccccc1. The molecule has 1 fully saturated rings. The number of alkyl halides is 1. The van der Waals surface area contributed by atoms with Gasteiger partial charge in [0, 0.05) is 12.3 Å². The van der Waals surface area contributed by atoms with Gasteiger partial charge in [0.15, 0.2) is 11.9 Å². The van der Waals surface area contributed by atoms with Crippen LogP contribution >= 0.6 is 7.75 Å². The predicted octanol–water partition coefficient (Wildman–Crippen LogP) is 1.27. The van der Waals surface area contributed by atoms with E-state index in [2.05, 4.69) is 5.09 Å². The topological polar surface area (TPSA) is 158 Å². The molecule has 14 heteroatoms. The molecule has 192 valence electrons. The summed E-state index contributed by atoms with van der Waals surface area (Å²) in [5, 5.41) is 12.9. The van der Waals surface area contributed by atoms with Crippen LogP contribution in [0.25, 0.3) is 0 Å². The first-order valence-corrected chi connectivity index (χ1v) is 12.2. The van der Waals surface area contributed by atoms with Crippen LogP contribution in [0, 0.1) is 0 Å². The van der Waals surface area contributed by atoms with E-state index in [1.54, 1.807) is 32.0 Å². The number of H-pyrrole nitrogens is 1. The van der Waals surface area contributed by atoms with Gasteiger partial charge in [0.05, 0.1) is 12.7 Å². The summed E-state index contributed by atoms with van der Waals surface area (Å²) in [4.78, 5) is 37.3. The van der Waals surface area contributed by atoms with Crippen LogP contribution in [0.4, 0.5) is 4.39 Å². The van der Waals surface area contributed by atoms with Crippen LogP contribution in [-0.2, 0) is 23.4 Å². The van der Waals surface area contributed by atoms with E-state index in [9.17, 15) is 24.1 Å². The number of carbonyl (C=O) groups excluding carboxylic acids is 1. The summed E-state index contributed by atoms with van der Waals surface area (Å²) in [6.45, 7) is 3.15. The molecule has 1 unspecified atom stereocenters. The molecule has 2 heterocycles. The molecule has 1 aromatic heterocycles. The van der Waals surface area contributed by atoms with Gasteiger partial charge in [-0.1, -0.05) is 18.2 Å². The second-order valence-electron chi connectivity index (χ2n) is 8.21. The predicted molar refractivity (Wildman–Crippen MR) is 121 cm³/mol. The molecule has 0 bridgehead atoms. The van der Waals surface area contributed by atoms with E-state index in [1.807, 2.05) is 4.98 Å². The lowest BCUT2D eigenvalue weighted by Crippen LogP contribution is -2.43. The minimum Gasteiger partial charge on any atom is -0.462 e. The van der Waals surface area contributed by atoms with Gasteiger partial charge in [0.1, 0.15) is 24.5 Å². The van der Waals surface area contributed by atoms with Crippen LogP contribution in [0.3, 0.4) is 0 Å². The second-order valence-corrected chi connectivity index (χ2v) is 9.96. The number of hydrogen-bond acceptors (Lipinski definition) is 9. The molecule has 0 amide bonds. The normalized spacial score (nSPS) is 25.8. The number of hydrogen-bond donors (Lipinski definition) is 3. The van der Waals surface area contributed by atoms with Gasteiger partial charge < -0.3 is 19.1 Å². The second kappa shape index (κ2) is 10.8. The molecule has 0 saturated carbocycles. The van der Waals surface area contributed by atoms with Crippen LogP contribution < -0.4 is 20.9 Å². The van der Waals surface area contributed by atoms with E-state index in [-0.39, 0.29) is 5.75 Å². The number of para-hydroxylation sites is 1. The first kappa shape index (κ1) is 26.8. The van der Waals surface area contributed by atoms with E-state index < -0.39 is 68.3 Å². The molecule has 3 rings (SSSR count). The largest absolute Gasteiger partial charge is 0.462 e. The summed E-state index contributed by atoms with van der Waals surface area (Å²) in [7, 11) is -4.25. The zero-order valence-corrected chi connectivity index (χ0v) is 20.1. The van der Waals surface area contributed by atoms with Crippen LogP contribution in [0.1, 0.15) is 27.0 Å². The van der Waals surface area contributed by atoms with Gasteiger partial charge >= 0.3 is 19.4 Å². The molecule has 0 radical (unpaired) electrons. The van der Waals surface area contributed by atoms with E-state index in [0.717, 1.165) is 23.8 Å². The number of halogens is 1. The number of carbonyl (C=O) groups is 1. The van der Waals surface area contributed by atoms with E-state index >= 15 is 4.39 Å². The molecule has 1 aliphatic rings. The van der Waals surface area contributed by atoms with Gasteiger partial charge in [0.25, 0.3) is 5.56 Å². The Kier molecular flexibility index (Phi) is 8.29. The molecule has 5 atom stereocenters. The smallest absolute Gasteiger partial charge is 0.459 e. The number of nitrogens with one attached hydrogen (secondary N) is 2. The van der Waals surface area contributed by atoms with Crippen molar-refractivity contribution in [2.75, 3.05) is 13.2 Å². The third-order valence-electron chi connectivity index (χ3n) is 4.98. The Labute approximate surface area is 199 Å². The Balaban J connectivity index is 1.76. The van der Waals surface area contributed by atoms with E-state index in [4.69, 9.17) is 18.5 Å². The third kappa shape index (κ3) is 6.65. The maximum absolute atomic E-state index is 15.4. The molecule has 3 N–H and O–H groups in total. The number of nitrogens with zero attached hydrogens (tertiary/aromatic N) is 1. The number of aromatic amines is 1. The molecule has 1 aromatic carbocycles. The van der Waals surface area contributed by atoms with Gasteiger partial charge in [-0.15, -0.1) is 0 Å². The maximum Gasteiger partial charge on any atom is 0.459 e. The summed E-state index contributed by atoms with van der Waals surface area (Å²) >= 11 is 0. The Morgan fingerprint density at radius 1 is 1.31 bits per heavy atom. The summed E-state index contributed by atoms with van der Waals surface area (Å²) < 4.78 is 50.8. The van der Waals surface area contributed by atoms with Gasteiger partial charge in [-0.3, -0.25) is 23.7 Å². The molecule has 1 saturated heterocycles. The van der Waals surface area contributed by atoms with Crippen molar-refractivity contribution in [1.82, 2.24) is 14.6 Å². The minimum absolute atomic E-state index is 0.154. The summed E-state index contributed by atoms with van der Waals surface area (Å²) in [6.07, 6.45) is -4.17. The van der Waals surface area contributed by atoms with Crippen molar-refractivity contribution < 1.29 is 37.4 Å². The number of benzene rings is 1. The van der Waals surface area contributed by atoms with Crippen LogP contribution in [0.5, 0.6) is 5.75 Å². The highest BCUT2D eigenvalue weighted by atomic mass is 31.2. The van der Waals surface area contributed by atoms with Gasteiger partial charge in [-0.25, -0.2) is 18.8 Å². The number of ether oxygens (including phenoxy) is 2. The highest BCUT2D eigenvalue weighted by Crippen LogP contribution is 2.46. The van der Waals surface area contributed by atoms with Crippen LogP contribution in [0.2, 0.25) is 0 Å². The third-order valence-corrected chi connectivity index (χ3v) is 6.47. The number of aliphatic hydroxyl groups excluding tert-OH is 1. The van der Waals surface area contributed by atoms with Crippen molar-refractivity contribution in [3.8, 4) is 5.75 Å².